The molecule has 0 saturated heterocycles. The van der Waals surface area contributed by atoms with Crippen molar-refractivity contribution >= 4 is 11.8 Å². The maximum atomic E-state index is 11.5. The molecular formula is C14H20O3. The molecule has 0 bridgehead atoms. The molecule has 0 amide bonds. The molecule has 0 aliphatic heterocycles. The Balaban J connectivity index is 2.41. The zero-order valence-electron chi connectivity index (χ0n) is 10.4. The fourth-order valence-electron chi connectivity index (χ4n) is 2.44. The van der Waals surface area contributed by atoms with Gasteiger partial charge in [0.2, 0.25) is 0 Å². The number of Topliss-reactive ketones (excluding diaryl/α,β-unsaturated/α-hetero) is 1. The van der Waals surface area contributed by atoms with Gasteiger partial charge in [0.15, 0.2) is 6.61 Å². The second-order valence-electron chi connectivity index (χ2n) is 4.68. The van der Waals surface area contributed by atoms with Gasteiger partial charge in [0.1, 0.15) is 5.78 Å². The molecule has 1 aliphatic rings. The number of terminal acetylenes is 1. The molecule has 94 valence electrons. The number of unbranched alkanes of at least 4 members (excludes halogenated alkanes) is 1. The van der Waals surface area contributed by atoms with Gasteiger partial charge in [0.05, 0.1) is 0 Å². The van der Waals surface area contributed by atoms with Crippen LogP contribution in [0.25, 0.3) is 0 Å². The second-order valence-corrected chi connectivity index (χ2v) is 4.68. The molecule has 1 rings (SSSR count). The third kappa shape index (κ3) is 4.60. The first-order valence-corrected chi connectivity index (χ1v) is 6.28. The zero-order chi connectivity index (χ0) is 12.7. The Hall–Kier alpha value is -1.30. The summed E-state index contributed by atoms with van der Waals surface area (Å²) in [7, 11) is 0. The van der Waals surface area contributed by atoms with E-state index in [0.717, 1.165) is 19.3 Å². The van der Waals surface area contributed by atoms with E-state index in [0.29, 0.717) is 25.2 Å². The Labute approximate surface area is 103 Å². The average molecular weight is 236 g/mol. The van der Waals surface area contributed by atoms with Crippen molar-refractivity contribution < 1.29 is 14.3 Å². The highest BCUT2D eigenvalue weighted by molar-refractivity contribution is 5.82. The Bertz CT molecular complexity index is 314. The zero-order valence-corrected chi connectivity index (χ0v) is 10.4. The Kier molecular flexibility index (Phi) is 5.76. The largest absolute Gasteiger partial charge is 0.452 e. The molecule has 1 saturated carbocycles. The highest BCUT2D eigenvalue weighted by Gasteiger charge is 2.33. The minimum Gasteiger partial charge on any atom is -0.452 e. The summed E-state index contributed by atoms with van der Waals surface area (Å²) in [4.78, 5) is 22.9. The molecule has 0 aromatic carbocycles. The van der Waals surface area contributed by atoms with E-state index in [1.807, 2.05) is 0 Å². The highest BCUT2D eigenvalue weighted by Crippen LogP contribution is 2.35. The van der Waals surface area contributed by atoms with Crippen LogP contribution in [0.3, 0.4) is 0 Å². The van der Waals surface area contributed by atoms with Gasteiger partial charge in [0, 0.05) is 19.3 Å². The lowest BCUT2D eigenvalue weighted by atomic mass is 9.89. The summed E-state index contributed by atoms with van der Waals surface area (Å²) in [5.74, 6) is 2.80. The number of carbonyl (C=O) groups excluding carboxylic acids is 2. The van der Waals surface area contributed by atoms with Gasteiger partial charge in [-0.15, -0.1) is 6.42 Å². The molecule has 2 unspecified atom stereocenters. The summed E-state index contributed by atoms with van der Waals surface area (Å²) in [6.45, 7) is 2.16. The molecule has 0 spiro atoms. The number of hydrogen-bond acceptors (Lipinski definition) is 3. The van der Waals surface area contributed by atoms with E-state index >= 15 is 0 Å². The molecule has 17 heavy (non-hydrogen) atoms. The van der Waals surface area contributed by atoms with Crippen LogP contribution in [0.4, 0.5) is 0 Å². The maximum Gasteiger partial charge on any atom is 0.307 e. The van der Waals surface area contributed by atoms with Gasteiger partial charge >= 0.3 is 5.97 Å². The summed E-state index contributed by atoms with van der Waals surface area (Å²) in [6, 6.07) is 0. The quantitative estimate of drug-likeness (QED) is 0.525. The van der Waals surface area contributed by atoms with Crippen molar-refractivity contribution in [2.24, 2.45) is 11.8 Å². The lowest BCUT2D eigenvalue weighted by Crippen LogP contribution is -2.15. The van der Waals surface area contributed by atoms with E-state index in [-0.39, 0.29) is 24.3 Å². The maximum absolute atomic E-state index is 11.5. The van der Waals surface area contributed by atoms with Gasteiger partial charge in [-0.2, -0.15) is 0 Å². The molecule has 3 nitrogen and oxygen atoms in total. The highest BCUT2D eigenvalue weighted by atomic mass is 16.5. The number of ketones is 1. The lowest BCUT2D eigenvalue weighted by molar-refractivity contribution is -0.143. The predicted octanol–water partition coefficient (Wildman–Crippen LogP) is 2.34. The second kappa shape index (κ2) is 7.11. The smallest absolute Gasteiger partial charge is 0.307 e. The summed E-state index contributed by atoms with van der Waals surface area (Å²) in [5, 5.41) is 0. The van der Waals surface area contributed by atoms with Crippen molar-refractivity contribution in [3.63, 3.8) is 0 Å². The molecule has 0 aromatic heterocycles. The summed E-state index contributed by atoms with van der Waals surface area (Å²) in [6.07, 6.45) is 9.79. The Morgan fingerprint density at radius 2 is 2.18 bits per heavy atom. The van der Waals surface area contributed by atoms with Crippen LogP contribution in [0.1, 0.15) is 45.4 Å². The van der Waals surface area contributed by atoms with Gasteiger partial charge in [-0.1, -0.05) is 25.7 Å². The van der Waals surface area contributed by atoms with E-state index in [1.54, 1.807) is 0 Å². The van der Waals surface area contributed by atoms with Crippen molar-refractivity contribution in [1.29, 1.82) is 0 Å². The van der Waals surface area contributed by atoms with E-state index in [4.69, 9.17) is 11.2 Å². The first-order valence-electron chi connectivity index (χ1n) is 6.28. The third-order valence-electron chi connectivity index (χ3n) is 3.32. The van der Waals surface area contributed by atoms with Gasteiger partial charge in [-0.05, 0) is 18.3 Å². The topological polar surface area (TPSA) is 43.4 Å². The molecule has 1 fully saturated rings. The van der Waals surface area contributed by atoms with Crippen molar-refractivity contribution in [2.45, 2.75) is 45.4 Å². The van der Waals surface area contributed by atoms with Crippen LogP contribution in [-0.4, -0.2) is 18.4 Å². The van der Waals surface area contributed by atoms with E-state index in [2.05, 4.69) is 12.8 Å². The Morgan fingerprint density at radius 3 is 2.82 bits per heavy atom. The lowest BCUT2D eigenvalue weighted by Gasteiger charge is -2.17. The summed E-state index contributed by atoms with van der Waals surface area (Å²) >= 11 is 0. The summed E-state index contributed by atoms with van der Waals surface area (Å²) in [5.41, 5.74) is 0. The van der Waals surface area contributed by atoms with Crippen LogP contribution in [0.5, 0.6) is 0 Å². The standard InChI is InChI=1S/C14H20O3/c1-3-5-6-11-8-13(15)9-12(11)10-14(16)17-7-4-2/h2,11-12H,3,5-10H2,1H3. The van der Waals surface area contributed by atoms with Crippen LogP contribution in [0.15, 0.2) is 0 Å². The number of hydrogen-bond donors (Lipinski definition) is 0. The van der Waals surface area contributed by atoms with Gasteiger partial charge in [0.25, 0.3) is 0 Å². The minimum absolute atomic E-state index is 0.0269. The van der Waals surface area contributed by atoms with E-state index in [9.17, 15) is 9.59 Å². The fraction of sp³-hybridized carbons (Fsp3) is 0.714. The molecule has 3 heteroatoms. The van der Waals surface area contributed by atoms with Gasteiger partial charge in [-0.25, -0.2) is 0 Å². The van der Waals surface area contributed by atoms with Crippen molar-refractivity contribution in [3.05, 3.63) is 0 Å². The van der Waals surface area contributed by atoms with Crippen LogP contribution in [0, 0.1) is 24.2 Å². The predicted molar refractivity (Wildman–Crippen MR) is 65.2 cm³/mol. The van der Waals surface area contributed by atoms with Gasteiger partial charge in [-0.3, -0.25) is 9.59 Å². The average Bonchev–Trinajstić information content (AvgIpc) is 2.64. The van der Waals surface area contributed by atoms with Crippen LogP contribution < -0.4 is 0 Å². The minimum atomic E-state index is -0.274. The molecule has 0 heterocycles. The molecule has 0 aromatic rings. The number of esters is 1. The van der Waals surface area contributed by atoms with Crippen molar-refractivity contribution in [2.75, 3.05) is 6.61 Å². The SMILES string of the molecule is C#CCOC(=O)CC1CC(=O)CC1CCCC. The molecule has 0 radical (unpaired) electrons. The molecule has 1 aliphatic carbocycles. The number of ether oxygens (including phenoxy) is 1. The molecular weight excluding hydrogens is 216 g/mol. The van der Waals surface area contributed by atoms with Crippen LogP contribution in [-0.2, 0) is 14.3 Å². The van der Waals surface area contributed by atoms with Crippen molar-refractivity contribution in [1.82, 2.24) is 0 Å². The normalized spacial score (nSPS) is 23.4. The molecule has 2 atom stereocenters. The van der Waals surface area contributed by atoms with Crippen molar-refractivity contribution in [3.8, 4) is 12.3 Å². The molecule has 0 N–H and O–H groups in total. The van der Waals surface area contributed by atoms with Gasteiger partial charge < -0.3 is 4.74 Å². The van der Waals surface area contributed by atoms with E-state index < -0.39 is 0 Å². The third-order valence-corrected chi connectivity index (χ3v) is 3.32. The summed E-state index contributed by atoms with van der Waals surface area (Å²) < 4.78 is 4.85. The monoisotopic (exact) mass is 236 g/mol. The van der Waals surface area contributed by atoms with E-state index in [1.165, 1.54) is 0 Å². The van der Waals surface area contributed by atoms with Crippen LogP contribution in [0.2, 0.25) is 0 Å². The number of rotatable bonds is 6. The number of carbonyl (C=O) groups is 2. The first-order chi connectivity index (χ1) is 8.17. The first kappa shape index (κ1) is 13.8. The fourth-order valence-corrected chi connectivity index (χ4v) is 2.44. The van der Waals surface area contributed by atoms with Crippen LogP contribution >= 0.6 is 0 Å². The Morgan fingerprint density at radius 1 is 1.47 bits per heavy atom.